The van der Waals surface area contributed by atoms with Gasteiger partial charge in [-0.2, -0.15) is 4.80 Å². The van der Waals surface area contributed by atoms with Crippen molar-refractivity contribution in [3.8, 4) is 11.4 Å². The van der Waals surface area contributed by atoms with Gasteiger partial charge in [0.05, 0.1) is 19.1 Å². The minimum Gasteiger partial charge on any atom is -0.467 e. The number of hydrogen-bond donors (Lipinski definition) is 1. The standard InChI is InChI=1S/C24H28ClN5O3/c1-5-8-16-11-13-17(14-12-16)21-27-29-30(28-21)15-24(2,3)23(32)26-20(22(31)33-4)18-9-6-7-10-19(18)25/h6-7,9-14,20H,5,8,15H2,1-4H3,(H,26,32). The number of nitrogens with zero attached hydrogens (tertiary/aromatic N) is 4. The third-order valence-corrected chi connectivity index (χ3v) is 5.63. The Hall–Kier alpha value is -3.26. The molecular weight excluding hydrogens is 442 g/mol. The Morgan fingerprint density at radius 1 is 1.15 bits per heavy atom. The van der Waals surface area contributed by atoms with E-state index in [4.69, 9.17) is 16.3 Å². The number of tetrazole rings is 1. The topological polar surface area (TPSA) is 99.0 Å². The molecule has 1 N–H and O–H groups in total. The largest absolute Gasteiger partial charge is 0.467 e. The van der Waals surface area contributed by atoms with Gasteiger partial charge in [0.25, 0.3) is 0 Å². The van der Waals surface area contributed by atoms with E-state index in [1.165, 1.54) is 17.5 Å². The monoisotopic (exact) mass is 469 g/mol. The van der Waals surface area contributed by atoms with Crippen LogP contribution in [-0.2, 0) is 27.3 Å². The highest BCUT2D eigenvalue weighted by Gasteiger charge is 2.34. The van der Waals surface area contributed by atoms with E-state index in [1.54, 1.807) is 38.1 Å². The van der Waals surface area contributed by atoms with Gasteiger partial charge in [-0.15, -0.1) is 10.2 Å². The van der Waals surface area contributed by atoms with Gasteiger partial charge in [0.15, 0.2) is 6.04 Å². The zero-order valence-corrected chi connectivity index (χ0v) is 20.0. The van der Waals surface area contributed by atoms with E-state index in [9.17, 15) is 9.59 Å². The SMILES string of the molecule is CCCc1ccc(-c2nnn(CC(C)(C)C(=O)NC(C(=O)OC)c3ccccc3Cl)n2)cc1. The lowest BCUT2D eigenvalue weighted by atomic mass is 9.91. The quantitative estimate of drug-likeness (QED) is 0.475. The summed E-state index contributed by atoms with van der Waals surface area (Å²) < 4.78 is 4.88. The Kier molecular flexibility index (Phi) is 7.81. The van der Waals surface area contributed by atoms with Gasteiger partial charge in [-0.05, 0) is 37.1 Å². The van der Waals surface area contributed by atoms with Crippen molar-refractivity contribution < 1.29 is 14.3 Å². The highest BCUT2D eigenvalue weighted by molar-refractivity contribution is 6.31. The molecule has 0 aliphatic rings. The molecule has 0 fully saturated rings. The second kappa shape index (κ2) is 10.6. The minimum absolute atomic E-state index is 0.163. The number of benzene rings is 2. The molecule has 1 heterocycles. The molecule has 1 atom stereocenters. The Morgan fingerprint density at radius 2 is 1.85 bits per heavy atom. The van der Waals surface area contributed by atoms with Crippen LogP contribution >= 0.6 is 11.6 Å². The lowest BCUT2D eigenvalue weighted by molar-refractivity contribution is -0.146. The van der Waals surface area contributed by atoms with Gasteiger partial charge in [-0.3, -0.25) is 4.79 Å². The highest BCUT2D eigenvalue weighted by Crippen LogP contribution is 2.26. The first-order valence-corrected chi connectivity index (χ1v) is 11.1. The fourth-order valence-electron chi connectivity index (χ4n) is 3.38. The predicted molar refractivity (Wildman–Crippen MR) is 125 cm³/mol. The summed E-state index contributed by atoms with van der Waals surface area (Å²) in [5.74, 6) is -0.502. The van der Waals surface area contributed by atoms with Crippen molar-refractivity contribution in [2.45, 2.75) is 46.2 Å². The van der Waals surface area contributed by atoms with Crippen LogP contribution in [-0.4, -0.2) is 39.2 Å². The van der Waals surface area contributed by atoms with Crippen LogP contribution in [0.15, 0.2) is 48.5 Å². The Bertz CT molecular complexity index is 1110. The number of methoxy groups -OCH3 is 1. The molecule has 0 spiro atoms. The zero-order chi connectivity index (χ0) is 24.0. The summed E-state index contributed by atoms with van der Waals surface area (Å²) in [6.45, 7) is 5.79. The van der Waals surface area contributed by atoms with Crippen LogP contribution in [0.2, 0.25) is 5.02 Å². The van der Waals surface area contributed by atoms with Crippen molar-refractivity contribution in [1.82, 2.24) is 25.5 Å². The molecule has 9 heteroatoms. The van der Waals surface area contributed by atoms with E-state index in [0.717, 1.165) is 18.4 Å². The third-order valence-electron chi connectivity index (χ3n) is 5.28. The molecule has 0 radical (unpaired) electrons. The van der Waals surface area contributed by atoms with Gasteiger partial charge in [-0.1, -0.05) is 67.4 Å². The lowest BCUT2D eigenvalue weighted by Crippen LogP contribution is -2.44. The first-order chi connectivity index (χ1) is 15.7. The number of carbonyl (C=O) groups is 2. The normalized spacial score (nSPS) is 12.3. The van der Waals surface area contributed by atoms with E-state index < -0.39 is 17.4 Å². The average Bonchev–Trinajstić information content (AvgIpc) is 3.25. The maximum absolute atomic E-state index is 13.1. The van der Waals surface area contributed by atoms with Crippen molar-refractivity contribution in [2.75, 3.05) is 7.11 Å². The number of ether oxygens (including phenoxy) is 1. The van der Waals surface area contributed by atoms with Gasteiger partial charge in [0, 0.05) is 16.1 Å². The van der Waals surface area contributed by atoms with E-state index in [0.29, 0.717) is 16.4 Å². The number of amides is 1. The summed E-state index contributed by atoms with van der Waals surface area (Å²) in [5.41, 5.74) is 1.62. The second-order valence-electron chi connectivity index (χ2n) is 8.43. The van der Waals surface area contributed by atoms with E-state index in [-0.39, 0.29) is 12.5 Å². The van der Waals surface area contributed by atoms with Crippen LogP contribution in [0, 0.1) is 5.41 Å². The van der Waals surface area contributed by atoms with E-state index in [2.05, 4.69) is 39.8 Å². The summed E-state index contributed by atoms with van der Waals surface area (Å²) in [4.78, 5) is 26.9. The third kappa shape index (κ3) is 5.96. The molecule has 3 aromatic rings. The van der Waals surface area contributed by atoms with Crippen molar-refractivity contribution in [1.29, 1.82) is 0 Å². The smallest absolute Gasteiger partial charge is 0.333 e. The molecule has 0 saturated carbocycles. The number of carbonyl (C=O) groups excluding carboxylic acids is 2. The second-order valence-corrected chi connectivity index (χ2v) is 8.83. The average molecular weight is 470 g/mol. The molecule has 0 aliphatic carbocycles. The molecule has 1 aromatic heterocycles. The molecule has 2 aromatic carbocycles. The van der Waals surface area contributed by atoms with Crippen molar-refractivity contribution in [2.24, 2.45) is 5.41 Å². The summed E-state index contributed by atoms with van der Waals surface area (Å²) >= 11 is 6.24. The number of nitrogens with one attached hydrogen (secondary N) is 1. The number of aryl methyl sites for hydroxylation is 1. The first-order valence-electron chi connectivity index (χ1n) is 10.8. The molecule has 8 nitrogen and oxygen atoms in total. The van der Waals surface area contributed by atoms with Crippen LogP contribution in [0.3, 0.4) is 0 Å². The van der Waals surface area contributed by atoms with Crippen LogP contribution in [0.5, 0.6) is 0 Å². The van der Waals surface area contributed by atoms with Crippen LogP contribution in [0.25, 0.3) is 11.4 Å². The molecule has 0 saturated heterocycles. The number of rotatable bonds is 9. The zero-order valence-electron chi connectivity index (χ0n) is 19.2. The van der Waals surface area contributed by atoms with Gasteiger partial charge >= 0.3 is 5.97 Å². The van der Waals surface area contributed by atoms with Crippen molar-refractivity contribution >= 4 is 23.5 Å². The minimum atomic E-state index is -1.03. The lowest BCUT2D eigenvalue weighted by Gasteiger charge is -2.26. The van der Waals surface area contributed by atoms with Gasteiger partial charge in [0.1, 0.15) is 0 Å². The predicted octanol–water partition coefficient (Wildman–Crippen LogP) is 4.00. The highest BCUT2D eigenvalue weighted by atomic mass is 35.5. The fraction of sp³-hybridized carbons (Fsp3) is 0.375. The Balaban J connectivity index is 1.73. The number of aromatic nitrogens is 4. The molecule has 0 bridgehead atoms. The molecule has 174 valence electrons. The maximum atomic E-state index is 13.1. The molecule has 3 rings (SSSR count). The van der Waals surface area contributed by atoms with E-state index in [1.807, 2.05) is 12.1 Å². The van der Waals surface area contributed by atoms with E-state index >= 15 is 0 Å². The Morgan fingerprint density at radius 3 is 2.48 bits per heavy atom. The Labute approximate surface area is 198 Å². The van der Waals surface area contributed by atoms with Gasteiger partial charge in [0.2, 0.25) is 11.7 Å². The maximum Gasteiger partial charge on any atom is 0.333 e. The molecule has 1 amide bonds. The number of halogens is 1. The summed E-state index contributed by atoms with van der Waals surface area (Å²) in [6.07, 6.45) is 2.10. The molecule has 0 aliphatic heterocycles. The summed E-state index contributed by atoms with van der Waals surface area (Å²) in [5, 5.41) is 15.8. The summed E-state index contributed by atoms with van der Waals surface area (Å²) in [6, 6.07) is 13.8. The fourth-order valence-corrected chi connectivity index (χ4v) is 3.62. The van der Waals surface area contributed by atoms with Crippen LogP contribution < -0.4 is 5.32 Å². The molecule has 1 unspecified atom stereocenters. The number of hydrogen-bond acceptors (Lipinski definition) is 6. The molecule has 33 heavy (non-hydrogen) atoms. The first kappa shape index (κ1) is 24.4. The van der Waals surface area contributed by atoms with Crippen LogP contribution in [0.4, 0.5) is 0 Å². The number of esters is 1. The van der Waals surface area contributed by atoms with Gasteiger partial charge < -0.3 is 10.1 Å². The van der Waals surface area contributed by atoms with Crippen LogP contribution in [0.1, 0.15) is 44.4 Å². The van der Waals surface area contributed by atoms with Gasteiger partial charge in [-0.25, -0.2) is 4.79 Å². The van der Waals surface area contributed by atoms with Crippen molar-refractivity contribution in [3.63, 3.8) is 0 Å². The molecular formula is C24H28ClN5O3. The van der Waals surface area contributed by atoms with Crippen molar-refractivity contribution in [3.05, 3.63) is 64.7 Å². The summed E-state index contributed by atoms with van der Waals surface area (Å²) in [7, 11) is 1.26.